The summed E-state index contributed by atoms with van der Waals surface area (Å²) in [6, 6.07) is 8.03. The average Bonchev–Trinajstić information content (AvgIpc) is 3.27. The van der Waals surface area contributed by atoms with Gasteiger partial charge in [0, 0.05) is 19.2 Å². The third-order valence-corrected chi connectivity index (χ3v) is 4.81. The first-order valence-corrected chi connectivity index (χ1v) is 8.76. The number of benzene rings is 1. The van der Waals surface area contributed by atoms with Gasteiger partial charge in [-0.2, -0.15) is 0 Å². The van der Waals surface area contributed by atoms with E-state index in [9.17, 15) is 14.4 Å². The zero-order valence-electron chi connectivity index (χ0n) is 15.2. The molecule has 6 nitrogen and oxygen atoms in total. The summed E-state index contributed by atoms with van der Waals surface area (Å²) in [6.07, 6.45) is 3.22. The van der Waals surface area contributed by atoms with E-state index >= 15 is 0 Å². The fourth-order valence-corrected chi connectivity index (χ4v) is 3.04. The van der Waals surface area contributed by atoms with Gasteiger partial charge < -0.3 is 9.32 Å². The van der Waals surface area contributed by atoms with Gasteiger partial charge in [0.05, 0.1) is 23.4 Å². The van der Waals surface area contributed by atoms with Crippen molar-refractivity contribution < 1.29 is 18.8 Å². The SMILES string of the molecule is CCCCN1C(=O)c2ccc(C(=O)N(C)C(C)c3ccco3)cc2C1=O. The Morgan fingerprint density at radius 1 is 1.19 bits per heavy atom. The Balaban J connectivity index is 1.84. The fraction of sp³-hybridized carbons (Fsp3) is 0.350. The van der Waals surface area contributed by atoms with Gasteiger partial charge in [0.25, 0.3) is 17.7 Å². The van der Waals surface area contributed by atoms with Crippen molar-refractivity contribution >= 4 is 17.7 Å². The summed E-state index contributed by atoms with van der Waals surface area (Å²) in [6.45, 7) is 4.28. The summed E-state index contributed by atoms with van der Waals surface area (Å²) in [5.74, 6) is -0.160. The van der Waals surface area contributed by atoms with E-state index in [1.807, 2.05) is 19.9 Å². The maximum absolute atomic E-state index is 12.8. The van der Waals surface area contributed by atoms with Crippen LogP contribution in [0.3, 0.4) is 0 Å². The van der Waals surface area contributed by atoms with Gasteiger partial charge >= 0.3 is 0 Å². The number of nitrogens with zero attached hydrogens (tertiary/aromatic N) is 2. The molecule has 0 saturated carbocycles. The Bertz CT molecular complexity index is 842. The number of rotatable bonds is 6. The maximum atomic E-state index is 12.8. The smallest absolute Gasteiger partial charge is 0.261 e. The second kappa shape index (κ2) is 7.15. The van der Waals surface area contributed by atoms with Crippen molar-refractivity contribution in [3.05, 3.63) is 59.0 Å². The van der Waals surface area contributed by atoms with Crippen LogP contribution >= 0.6 is 0 Å². The van der Waals surface area contributed by atoms with E-state index in [4.69, 9.17) is 4.42 Å². The Labute approximate surface area is 152 Å². The first kappa shape index (κ1) is 17.9. The highest BCUT2D eigenvalue weighted by atomic mass is 16.3. The van der Waals surface area contributed by atoms with Gasteiger partial charge in [0.15, 0.2) is 0 Å². The largest absolute Gasteiger partial charge is 0.467 e. The minimum Gasteiger partial charge on any atom is -0.467 e. The molecule has 1 atom stereocenters. The first-order chi connectivity index (χ1) is 12.5. The molecule has 2 heterocycles. The van der Waals surface area contributed by atoms with Gasteiger partial charge in [-0.15, -0.1) is 0 Å². The Morgan fingerprint density at radius 2 is 1.92 bits per heavy atom. The molecule has 0 fully saturated rings. The highest BCUT2D eigenvalue weighted by molar-refractivity contribution is 6.22. The van der Waals surface area contributed by atoms with Gasteiger partial charge in [-0.05, 0) is 43.7 Å². The van der Waals surface area contributed by atoms with Crippen LogP contribution in [-0.2, 0) is 0 Å². The molecule has 1 unspecified atom stereocenters. The molecule has 1 aromatic carbocycles. The summed E-state index contributed by atoms with van der Waals surface area (Å²) in [5.41, 5.74) is 1.04. The molecule has 2 aromatic rings. The van der Waals surface area contributed by atoms with Crippen molar-refractivity contribution in [2.75, 3.05) is 13.6 Å². The van der Waals surface area contributed by atoms with E-state index in [0.29, 0.717) is 29.0 Å². The van der Waals surface area contributed by atoms with Gasteiger partial charge in [-0.25, -0.2) is 0 Å². The van der Waals surface area contributed by atoms with Crippen LogP contribution in [0.5, 0.6) is 0 Å². The molecule has 1 aromatic heterocycles. The van der Waals surface area contributed by atoms with Crippen molar-refractivity contribution in [2.24, 2.45) is 0 Å². The average molecular weight is 354 g/mol. The van der Waals surface area contributed by atoms with Crippen LogP contribution in [-0.4, -0.2) is 41.1 Å². The molecule has 0 aliphatic carbocycles. The summed E-state index contributed by atoms with van der Waals surface area (Å²) < 4.78 is 5.36. The summed E-state index contributed by atoms with van der Waals surface area (Å²) in [7, 11) is 1.68. The van der Waals surface area contributed by atoms with Crippen LogP contribution in [0.2, 0.25) is 0 Å². The topological polar surface area (TPSA) is 70.8 Å². The first-order valence-electron chi connectivity index (χ1n) is 8.76. The highest BCUT2D eigenvalue weighted by Gasteiger charge is 2.35. The molecule has 6 heteroatoms. The van der Waals surface area contributed by atoms with E-state index in [2.05, 4.69) is 0 Å². The number of fused-ring (bicyclic) bond motifs is 1. The molecule has 3 amide bonds. The molecular formula is C20H22N2O4. The standard InChI is InChI=1S/C20H22N2O4/c1-4-5-10-22-19(24)15-9-8-14(12-16(15)20(22)25)18(23)21(3)13(2)17-7-6-11-26-17/h6-9,11-13H,4-5,10H2,1-3H3. The second-order valence-corrected chi connectivity index (χ2v) is 6.48. The third kappa shape index (κ3) is 3.03. The van der Waals surface area contributed by atoms with Crippen molar-refractivity contribution in [1.29, 1.82) is 0 Å². The van der Waals surface area contributed by atoms with E-state index in [1.165, 1.54) is 11.0 Å². The normalized spacial score (nSPS) is 14.5. The van der Waals surface area contributed by atoms with E-state index in [1.54, 1.807) is 36.4 Å². The summed E-state index contributed by atoms with van der Waals surface area (Å²) >= 11 is 0. The predicted octanol–water partition coefficient (Wildman–Crippen LogP) is 3.51. The monoisotopic (exact) mass is 354 g/mol. The number of amides is 3. The number of carbonyl (C=O) groups excluding carboxylic acids is 3. The molecule has 1 aliphatic heterocycles. The highest BCUT2D eigenvalue weighted by Crippen LogP contribution is 2.26. The lowest BCUT2D eigenvalue weighted by molar-refractivity contribution is 0.0651. The van der Waals surface area contributed by atoms with Crippen LogP contribution in [0.4, 0.5) is 0 Å². The molecule has 3 rings (SSSR count). The van der Waals surface area contributed by atoms with Crippen LogP contribution in [0.1, 0.15) is 69.6 Å². The fourth-order valence-electron chi connectivity index (χ4n) is 3.04. The van der Waals surface area contributed by atoms with Gasteiger partial charge in [0.2, 0.25) is 0 Å². The lowest BCUT2D eigenvalue weighted by Crippen LogP contribution is -2.30. The second-order valence-electron chi connectivity index (χ2n) is 6.48. The number of carbonyl (C=O) groups is 3. The van der Waals surface area contributed by atoms with Crippen LogP contribution < -0.4 is 0 Å². The Morgan fingerprint density at radius 3 is 2.58 bits per heavy atom. The zero-order valence-corrected chi connectivity index (χ0v) is 15.2. The number of hydrogen-bond donors (Lipinski definition) is 0. The van der Waals surface area contributed by atoms with Gasteiger partial charge in [-0.1, -0.05) is 13.3 Å². The summed E-state index contributed by atoms with van der Waals surface area (Å²) in [4.78, 5) is 40.5. The third-order valence-electron chi connectivity index (χ3n) is 4.81. The van der Waals surface area contributed by atoms with Gasteiger partial charge in [-0.3, -0.25) is 19.3 Å². The molecule has 0 spiro atoms. The van der Waals surface area contributed by atoms with Gasteiger partial charge in [0.1, 0.15) is 5.76 Å². The van der Waals surface area contributed by atoms with Crippen molar-refractivity contribution in [2.45, 2.75) is 32.7 Å². The lowest BCUT2D eigenvalue weighted by atomic mass is 10.0. The molecule has 136 valence electrons. The molecule has 0 saturated heterocycles. The molecule has 26 heavy (non-hydrogen) atoms. The van der Waals surface area contributed by atoms with E-state index in [0.717, 1.165) is 12.8 Å². The minimum absolute atomic E-state index is 0.232. The molecular weight excluding hydrogens is 332 g/mol. The van der Waals surface area contributed by atoms with Crippen LogP contribution in [0, 0.1) is 0 Å². The quantitative estimate of drug-likeness (QED) is 0.744. The Kier molecular flexibility index (Phi) is 4.93. The van der Waals surface area contributed by atoms with Crippen molar-refractivity contribution in [1.82, 2.24) is 9.80 Å². The summed E-state index contributed by atoms with van der Waals surface area (Å²) in [5, 5.41) is 0. The van der Waals surface area contributed by atoms with E-state index < -0.39 is 0 Å². The maximum Gasteiger partial charge on any atom is 0.261 e. The number of unbranched alkanes of at least 4 members (excludes halogenated alkanes) is 1. The van der Waals surface area contributed by atoms with E-state index in [-0.39, 0.29) is 23.8 Å². The lowest BCUT2D eigenvalue weighted by Gasteiger charge is -2.23. The van der Waals surface area contributed by atoms with Crippen molar-refractivity contribution in [3.8, 4) is 0 Å². The van der Waals surface area contributed by atoms with Crippen LogP contribution in [0.15, 0.2) is 41.0 Å². The zero-order chi connectivity index (χ0) is 18.8. The number of hydrogen-bond acceptors (Lipinski definition) is 4. The van der Waals surface area contributed by atoms with Crippen LogP contribution in [0.25, 0.3) is 0 Å². The number of furan rings is 1. The molecule has 0 N–H and O–H groups in total. The molecule has 0 bridgehead atoms. The molecule has 1 aliphatic rings. The Hall–Kier alpha value is -2.89. The predicted molar refractivity (Wildman–Crippen MR) is 95.9 cm³/mol. The van der Waals surface area contributed by atoms with Crippen molar-refractivity contribution in [3.63, 3.8) is 0 Å². The molecule has 0 radical (unpaired) electrons. The number of imide groups is 1. The minimum atomic E-state index is -0.324.